The number of aliphatic carboxylic acids is 1. The van der Waals surface area contributed by atoms with Crippen LogP contribution in [-0.2, 0) is 20.7 Å². The zero-order chi connectivity index (χ0) is 27.1. The van der Waals surface area contributed by atoms with Gasteiger partial charge in [0.25, 0.3) is 5.91 Å². The molecule has 2 aromatic carbocycles. The first kappa shape index (κ1) is 28.4. The summed E-state index contributed by atoms with van der Waals surface area (Å²) in [6.45, 7) is 4.86. The lowest BCUT2D eigenvalue weighted by molar-refractivity contribution is -0.274. The molecule has 4 N–H and O–H groups in total. The highest BCUT2D eigenvalue weighted by atomic mass is 19.4. The molecule has 0 spiro atoms. The number of aliphatic hydroxyl groups is 1. The fourth-order valence-electron chi connectivity index (χ4n) is 3.16. The Kier molecular flexibility index (Phi) is 9.29. The van der Waals surface area contributed by atoms with Crippen LogP contribution in [0.5, 0.6) is 5.75 Å². The van der Waals surface area contributed by atoms with Crippen molar-refractivity contribution in [1.29, 1.82) is 0 Å². The third kappa shape index (κ3) is 9.45. The number of carboxylic acid groups (broad SMARTS) is 1. The number of alkyl halides is 3. The van der Waals surface area contributed by atoms with Crippen LogP contribution in [0.2, 0.25) is 0 Å². The highest BCUT2D eigenvalue weighted by molar-refractivity contribution is 5.88. The number of carbonyl (C=O) groups excluding carboxylic acids is 2. The maximum absolute atomic E-state index is 12.8. The molecule has 0 fully saturated rings. The van der Waals surface area contributed by atoms with Gasteiger partial charge in [-0.1, -0.05) is 42.5 Å². The Morgan fingerprint density at radius 3 is 2.17 bits per heavy atom. The zero-order valence-electron chi connectivity index (χ0n) is 19.7. The molecule has 0 aromatic heterocycles. The first-order chi connectivity index (χ1) is 16.6. The van der Waals surface area contributed by atoms with Crippen LogP contribution < -0.4 is 15.4 Å². The van der Waals surface area contributed by atoms with Crippen molar-refractivity contribution in [3.05, 3.63) is 65.7 Å². The molecule has 0 saturated carbocycles. The van der Waals surface area contributed by atoms with Gasteiger partial charge >= 0.3 is 18.4 Å². The first-order valence-corrected chi connectivity index (χ1v) is 10.7. The van der Waals surface area contributed by atoms with Crippen LogP contribution in [0.25, 0.3) is 0 Å². The van der Waals surface area contributed by atoms with Gasteiger partial charge in [0.15, 0.2) is 12.1 Å². The quantitative estimate of drug-likeness (QED) is 0.405. The Balaban J connectivity index is 2.24. The van der Waals surface area contributed by atoms with Crippen molar-refractivity contribution in [2.45, 2.75) is 57.3 Å². The van der Waals surface area contributed by atoms with Gasteiger partial charge in [-0.05, 0) is 50.5 Å². The number of carbonyl (C=O) groups is 3. The molecule has 2 rings (SSSR count). The molecule has 0 saturated heterocycles. The van der Waals surface area contributed by atoms with Gasteiger partial charge in [-0.25, -0.2) is 9.59 Å². The monoisotopic (exact) mass is 512 g/mol. The van der Waals surface area contributed by atoms with E-state index in [1.54, 1.807) is 51.1 Å². The predicted molar refractivity (Wildman–Crippen MR) is 121 cm³/mol. The molecule has 0 unspecified atom stereocenters. The minimum Gasteiger partial charge on any atom is -0.479 e. The Morgan fingerprint density at radius 2 is 1.61 bits per heavy atom. The van der Waals surface area contributed by atoms with Crippen molar-refractivity contribution < 1.29 is 47.2 Å². The molecule has 0 aliphatic carbocycles. The number of aliphatic hydroxyl groups excluding tert-OH is 1. The van der Waals surface area contributed by atoms with E-state index < -0.39 is 53.9 Å². The van der Waals surface area contributed by atoms with Crippen molar-refractivity contribution in [3.63, 3.8) is 0 Å². The van der Waals surface area contributed by atoms with Crippen molar-refractivity contribution in [3.8, 4) is 5.75 Å². The molecule has 0 radical (unpaired) electrons. The van der Waals surface area contributed by atoms with Crippen molar-refractivity contribution in [2.24, 2.45) is 0 Å². The van der Waals surface area contributed by atoms with Gasteiger partial charge in [0, 0.05) is 0 Å². The molecule has 3 atom stereocenters. The molecule has 9 nitrogen and oxygen atoms in total. The smallest absolute Gasteiger partial charge is 0.479 e. The molecule has 0 aliphatic heterocycles. The number of ether oxygens (including phenoxy) is 2. The molecule has 36 heavy (non-hydrogen) atoms. The van der Waals surface area contributed by atoms with Crippen LogP contribution in [-0.4, -0.2) is 52.3 Å². The lowest BCUT2D eigenvalue weighted by Gasteiger charge is -2.27. The highest BCUT2D eigenvalue weighted by Crippen LogP contribution is 2.26. The molecule has 0 heterocycles. The summed E-state index contributed by atoms with van der Waals surface area (Å²) in [7, 11) is 0. The lowest BCUT2D eigenvalue weighted by Crippen LogP contribution is -2.53. The second kappa shape index (κ2) is 11.8. The van der Waals surface area contributed by atoms with E-state index in [0.29, 0.717) is 5.56 Å². The van der Waals surface area contributed by atoms with Gasteiger partial charge in [0.1, 0.15) is 11.4 Å². The van der Waals surface area contributed by atoms with E-state index in [-0.39, 0.29) is 12.0 Å². The van der Waals surface area contributed by atoms with Gasteiger partial charge in [0.05, 0.1) is 6.04 Å². The number of benzene rings is 2. The number of halogens is 3. The van der Waals surface area contributed by atoms with Gasteiger partial charge in [-0.3, -0.25) is 4.79 Å². The lowest BCUT2D eigenvalue weighted by atomic mass is 10.00. The van der Waals surface area contributed by atoms with Crippen molar-refractivity contribution in [2.75, 3.05) is 0 Å². The first-order valence-electron chi connectivity index (χ1n) is 10.7. The number of carboxylic acids is 1. The third-order valence-corrected chi connectivity index (χ3v) is 4.61. The molecular weight excluding hydrogens is 485 g/mol. The van der Waals surface area contributed by atoms with Crippen LogP contribution in [0.4, 0.5) is 18.0 Å². The Bertz CT molecular complexity index is 1060. The van der Waals surface area contributed by atoms with Crippen LogP contribution in [0.1, 0.15) is 37.9 Å². The Labute approximate surface area is 205 Å². The van der Waals surface area contributed by atoms with Crippen LogP contribution in [0, 0.1) is 0 Å². The summed E-state index contributed by atoms with van der Waals surface area (Å²) >= 11 is 0. The molecule has 2 aromatic rings. The summed E-state index contributed by atoms with van der Waals surface area (Å²) in [5.41, 5.74) is -0.450. The maximum atomic E-state index is 12.8. The van der Waals surface area contributed by atoms with Gasteiger partial charge in [0.2, 0.25) is 0 Å². The second-order valence-electron chi connectivity index (χ2n) is 8.79. The van der Waals surface area contributed by atoms with Gasteiger partial charge in [-0.2, -0.15) is 0 Å². The summed E-state index contributed by atoms with van der Waals surface area (Å²) in [6.07, 6.45) is -7.87. The minimum absolute atomic E-state index is 0.0126. The standard InChI is InChI=1S/C24H27F3N2O7/c1-23(2,3)36-22(34)28-17(12-14-8-5-4-6-9-14)19(30)20(31)29-18(21(32)33)15-10-7-11-16(13-15)35-24(25,26)27/h4-11,13,17-19,30H,12H2,1-3H3,(H,28,34)(H,29,31)(H,32,33)/t17-,18+,19+/m1/s1. The predicted octanol–water partition coefficient (Wildman–Crippen LogP) is 3.32. The second-order valence-corrected chi connectivity index (χ2v) is 8.79. The summed E-state index contributed by atoms with van der Waals surface area (Å²) < 4.78 is 46.6. The average Bonchev–Trinajstić information content (AvgIpc) is 2.74. The maximum Gasteiger partial charge on any atom is 0.573 e. The Morgan fingerprint density at radius 1 is 0.972 bits per heavy atom. The SMILES string of the molecule is CC(C)(C)OC(=O)N[C@H](Cc1ccccc1)[C@H](O)C(=O)N[C@H](C(=O)O)c1cccc(OC(F)(F)F)c1. The van der Waals surface area contributed by atoms with E-state index in [2.05, 4.69) is 15.4 Å². The molecular formula is C24H27F3N2O7. The van der Waals surface area contributed by atoms with E-state index in [1.807, 2.05) is 0 Å². The minimum atomic E-state index is -5.01. The number of alkyl carbamates (subject to hydrolysis) is 1. The molecule has 0 aliphatic rings. The number of amides is 2. The molecule has 196 valence electrons. The normalized spacial score (nSPS) is 14.2. The van der Waals surface area contributed by atoms with Gasteiger partial charge in [-0.15, -0.1) is 13.2 Å². The highest BCUT2D eigenvalue weighted by Gasteiger charge is 2.34. The molecule has 2 amide bonds. The fourth-order valence-corrected chi connectivity index (χ4v) is 3.16. The zero-order valence-corrected chi connectivity index (χ0v) is 19.7. The van der Waals surface area contributed by atoms with Crippen molar-refractivity contribution in [1.82, 2.24) is 10.6 Å². The average molecular weight is 512 g/mol. The Hall–Kier alpha value is -3.80. The topological polar surface area (TPSA) is 134 Å². The number of hydrogen-bond acceptors (Lipinski definition) is 6. The van der Waals surface area contributed by atoms with Crippen LogP contribution in [0.3, 0.4) is 0 Å². The molecule has 0 bridgehead atoms. The van der Waals surface area contributed by atoms with E-state index in [1.165, 1.54) is 6.07 Å². The van der Waals surface area contributed by atoms with E-state index in [0.717, 1.165) is 18.2 Å². The summed E-state index contributed by atoms with van der Waals surface area (Å²) in [6, 6.07) is 9.59. The van der Waals surface area contributed by atoms with Crippen molar-refractivity contribution >= 4 is 18.0 Å². The number of nitrogens with one attached hydrogen (secondary N) is 2. The van der Waals surface area contributed by atoms with E-state index in [9.17, 15) is 37.8 Å². The summed E-state index contributed by atoms with van der Waals surface area (Å²) in [5.74, 6) is -3.46. The van der Waals surface area contributed by atoms with E-state index in [4.69, 9.17) is 4.74 Å². The van der Waals surface area contributed by atoms with Crippen LogP contribution >= 0.6 is 0 Å². The summed E-state index contributed by atoms with van der Waals surface area (Å²) in [5, 5.41) is 24.8. The van der Waals surface area contributed by atoms with Crippen LogP contribution in [0.15, 0.2) is 54.6 Å². The molecule has 12 heteroatoms. The number of rotatable bonds is 9. The largest absolute Gasteiger partial charge is 0.573 e. The third-order valence-electron chi connectivity index (χ3n) is 4.61. The number of hydrogen-bond donors (Lipinski definition) is 4. The van der Waals surface area contributed by atoms with Gasteiger partial charge < -0.3 is 30.3 Å². The fraction of sp³-hybridized carbons (Fsp3) is 0.375. The summed E-state index contributed by atoms with van der Waals surface area (Å²) in [4.78, 5) is 36.9. The van der Waals surface area contributed by atoms with E-state index >= 15 is 0 Å².